The first kappa shape index (κ1) is 30.2. The van der Waals surface area contributed by atoms with Crippen LogP contribution in [0.3, 0.4) is 0 Å². The highest BCUT2D eigenvalue weighted by molar-refractivity contribution is 7.92. The van der Waals surface area contributed by atoms with E-state index in [9.17, 15) is 23.7 Å². The van der Waals surface area contributed by atoms with Crippen LogP contribution in [0.15, 0.2) is 35.5 Å². The molecule has 204 valence electrons. The van der Waals surface area contributed by atoms with Gasteiger partial charge in [-0.15, -0.1) is 0 Å². The maximum Gasteiger partial charge on any atom is 0.355 e. The van der Waals surface area contributed by atoms with E-state index in [0.29, 0.717) is 23.5 Å². The smallest absolute Gasteiger partial charge is 0.355 e. The Morgan fingerprint density at radius 3 is 2.43 bits per heavy atom. The molecule has 0 aliphatic carbocycles. The van der Waals surface area contributed by atoms with Gasteiger partial charge in [-0.25, -0.2) is 4.79 Å². The van der Waals surface area contributed by atoms with Crippen LogP contribution in [-0.4, -0.2) is 69.7 Å². The van der Waals surface area contributed by atoms with Crippen LogP contribution in [0.5, 0.6) is 5.75 Å². The van der Waals surface area contributed by atoms with E-state index < -0.39 is 51.9 Å². The summed E-state index contributed by atoms with van der Waals surface area (Å²) in [6.07, 6.45) is -0.184. The number of benzene rings is 1. The summed E-state index contributed by atoms with van der Waals surface area (Å²) in [6.45, 7) is 10.7. The molecule has 1 aromatic carbocycles. The number of rotatable bonds is 11. The number of likely N-dealkylation sites (tertiary alicyclic amines) is 1. The van der Waals surface area contributed by atoms with Crippen molar-refractivity contribution in [3.63, 3.8) is 0 Å². The first-order chi connectivity index (χ1) is 17.3. The molecule has 1 saturated heterocycles. The van der Waals surface area contributed by atoms with Crippen molar-refractivity contribution in [3.8, 4) is 5.75 Å². The number of β-lactam (4-membered cyclic amide) rings is 1. The summed E-state index contributed by atoms with van der Waals surface area (Å²) in [5.41, 5.74) is 0.296. The lowest BCUT2D eigenvalue weighted by Crippen LogP contribution is -2.73. The monoisotopic (exact) mass is 536 g/mol. The maximum absolute atomic E-state index is 13.3. The number of hydrogen-bond acceptors (Lipinski definition) is 8. The van der Waals surface area contributed by atoms with Crippen molar-refractivity contribution in [1.29, 1.82) is 0 Å². The van der Waals surface area contributed by atoms with Gasteiger partial charge in [0.05, 0.1) is 26.6 Å². The number of allylic oxidation sites excluding steroid dienone is 1. The Labute approximate surface area is 220 Å². The zero-order valence-corrected chi connectivity index (χ0v) is 23.2. The van der Waals surface area contributed by atoms with Gasteiger partial charge in [0.2, 0.25) is 11.3 Å². The molecule has 1 N–H and O–H groups in total. The summed E-state index contributed by atoms with van der Waals surface area (Å²) >= 11 is -1.80. The van der Waals surface area contributed by atoms with Crippen LogP contribution in [0.2, 0.25) is 0 Å². The predicted octanol–water partition coefficient (Wildman–Crippen LogP) is 2.23. The van der Waals surface area contributed by atoms with Gasteiger partial charge in [-0.05, 0) is 76.0 Å². The number of carbonyl (C=O) groups excluding carboxylic acids is 4. The van der Waals surface area contributed by atoms with E-state index in [1.54, 1.807) is 58.9 Å². The van der Waals surface area contributed by atoms with E-state index in [1.165, 1.54) is 7.11 Å². The minimum atomic E-state index is -1.80. The van der Waals surface area contributed by atoms with Crippen LogP contribution < -0.4 is 10.1 Å². The number of amides is 2. The number of nitrogens with one attached hydrogen (secondary N) is 1. The third-order valence-corrected chi connectivity index (χ3v) is 6.87. The van der Waals surface area contributed by atoms with E-state index in [-0.39, 0.29) is 24.3 Å². The van der Waals surface area contributed by atoms with Gasteiger partial charge in [0.15, 0.2) is 6.04 Å². The van der Waals surface area contributed by atoms with E-state index in [1.807, 2.05) is 6.92 Å². The lowest BCUT2D eigenvalue weighted by Gasteiger charge is -2.46. The number of ether oxygens (including phenoxy) is 3. The topological polar surface area (TPSA) is 134 Å². The Balaban J connectivity index is 2.28. The molecule has 11 heteroatoms. The summed E-state index contributed by atoms with van der Waals surface area (Å²) in [4.78, 5) is 51.8. The third-order valence-electron chi connectivity index (χ3n) is 5.24. The SMILES string of the molecule is CCOc1cccc(CC(=O)NC2C(=O)N(C(C(=O)OC(C)(C)C)=C(C)C)C2[S+]([O-])CCC(=O)OC)c1. The first-order valence-electron chi connectivity index (χ1n) is 12.0. The highest BCUT2D eigenvalue weighted by Crippen LogP contribution is 2.33. The molecule has 1 aliphatic rings. The van der Waals surface area contributed by atoms with Gasteiger partial charge in [-0.2, -0.15) is 0 Å². The molecule has 3 unspecified atom stereocenters. The number of nitrogens with zero attached hydrogens (tertiary/aromatic N) is 1. The fourth-order valence-electron chi connectivity index (χ4n) is 3.70. The van der Waals surface area contributed by atoms with Crippen molar-refractivity contribution in [3.05, 3.63) is 41.1 Å². The van der Waals surface area contributed by atoms with Crippen LogP contribution in [0.1, 0.15) is 53.5 Å². The fraction of sp³-hybridized carbons (Fsp3) is 0.538. The summed E-state index contributed by atoms with van der Waals surface area (Å²) in [5, 5.41) is 1.59. The second-order valence-corrected chi connectivity index (χ2v) is 11.3. The van der Waals surface area contributed by atoms with Crippen molar-refractivity contribution in [2.45, 2.75) is 71.4 Å². The van der Waals surface area contributed by atoms with Crippen molar-refractivity contribution in [2.24, 2.45) is 0 Å². The van der Waals surface area contributed by atoms with Crippen LogP contribution in [0, 0.1) is 0 Å². The van der Waals surface area contributed by atoms with Crippen LogP contribution >= 0.6 is 0 Å². The number of methoxy groups -OCH3 is 1. The van der Waals surface area contributed by atoms with Crippen molar-refractivity contribution in [1.82, 2.24) is 10.2 Å². The van der Waals surface area contributed by atoms with Crippen LogP contribution in [-0.2, 0) is 46.2 Å². The second-order valence-electron chi connectivity index (χ2n) is 9.66. The average Bonchev–Trinajstić information content (AvgIpc) is 2.80. The Morgan fingerprint density at radius 1 is 1.19 bits per heavy atom. The summed E-state index contributed by atoms with van der Waals surface area (Å²) in [7, 11) is 1.22. The number of carbonyl (C=O) groups is 4. The van der Waals surface area contributed by atoms with E-state index >= 15 is 0 Å². The van der Waals surface area contributed by atoms with Gasteiger partial charge in [0, 0.05) is 0 Å². The molecule has 3 atom stereocenters. The molecule has 10 nitrogen and oxygen atoms in total. The Kier molecular flexibility index (Phi) is 10.6. The molecule has 0 saturated carbocycles. The summed E-state index contributed by atoms with van der Waals surface area (Å²) in [5.74, 6) is -1.85. The van der Waals surface area contributed by atoms with E-state index in [0.717, 1.165) is 4.90 Å². The molecule has 0 bridgehead atoms. The lowest BCUT2D eigenvalue weighted by atomic mass is 10.0. The Bertz CT molecular complexity index is 1050. The van der Waals surface area contributed by atoms with Gasteiger partial charge in [-0.1, -0.05) is 12.1 Å². The molecule has 1 aliphatic heterocycles. The molecular weight excluding hydrogens is 500 g/mol. The van der Waals surface area contributed by atoms with Gasteiger partial charge in [0.25, 0.3) is 5.91 Å². The fourth-order valence-corrected chi connectivity index (χ4v) is 5.24. The van der Waals surface area contributed by atoms with Crippen molar-refractivity contribution in [2.75, 3.05) is 19.5 Å². The normalized spacial score (nSPS) is 17.8. The molecule has 0 radical (unpaired) electrons. The third kappa shape index (κ3) is 8.22. The minimum absolute atomic E-state index is 0.0340. The van der Waals surface area contributed by atoms with Gasteiger partial charge < -0.3 is 24.1 Å². The first-order valence-corrected chi connectivity index (χ1v) is 13.4. The van der Waals surface area contributed by atoms with Gasteiger partial charge in [0.1, 0.15) is 22.8 Å². The minimum Gasteiger partial charge on any atom is -0.615 e. The van der Waals surface area contributed by atoms with Crippen molar-refractivity contribution >= 4 is 34.9 Å². The average molecular weight is 537 g/mol. The highest BCUT2D eigenvalue weighted by atomic mass is 32.2. The molecule has 1 fully saturated rings. The summed E-state index contributed by atoms with van der Waals surface area (Å²) < 4.78 is 28.8. The Hall–Kier alpha value is -3.05. The zero-order valence-electron chi connectivity index (χ0n) is 22.4. The van der Waals surface area contributed by atoms with Gasteiger partial charge >= 0.3 is 11.9 Å². The summed E-state index contributed by atoms with van der Waals surface area (Å²) in [6, 6.07) is 5.88. The van der Waals surface area contributed by atoms with E-state index in [4.69, 9.17) is 9.47 Å². The van der Waals surface area contributed by atoms with Gasteiger partial charge in [-0.3, -0.25) is 19.3 Å². The molecule has 2 rings (SSSR count). The lowest BCUT2D eigenvalue weighted by molar-refractivity contribution is -0.159. The molecule has 0 aromatic heterocycles. The molecular formula is C26H36N2O8S. The van der Waals surface area contributed by atoms with Crippen LogP contribution in [0.4, 0.5) is 0 Å². The maximum atomic E-state index is 13.3. The standard InChI is InChI=1S/C26H36N2O8S/c1-8-35-18-11-9-10-17(14-18)15-19(29)27-21-23(31)28(24(21)37(33)13-12-20(30)34-7)22(16(2)3)25(32)36-26(4,5)6/h9-11,14,21,24H,8,12-13,15H2,1-7H3,(H,27,29). The molecule has 37 heavy (non-hydrogen) atoms. The number of esters is 2. The Morgan fingerprint density at radius 2 is 1.86 bits per heavy atom. The molecule has 1 aromatic rings. The second kappa shape index (κ2) is 13.0. The molecule has 1 heterocycles. The van der Waals surface area contributed by atoms with Crippen molar-refractivity contribution < 1.29 is 37.9 Å². The largest absolute Gasteiger partial charge is 0.615 e. The molecule has 2 amide bonds. The quantitative estimate of drug-likeness (QED) is 0.197. The zero-order chi connectivity index (χ0) is 27.9. The van der Waals surface area contributed by atoms with E-state index in [2.05, 4.69) is 10.1 Å². The predicted molar refractivity (Wildman–Crippen MR) is 138 cm³/mol. The van der Waals surface area contributed by atoms with Crippen LogP contribution in [0.25, 0.3) is 0 Å². The molecule has 0 spiro atoms. The highest BCUT2D eigenvalue weighted by Gasteiger charge is 2.58. The number of hydrogen-bond donors (Lipinski definition) is 1.